The van der Waals surface area contributed by atoms with Crippen molar-refractivity contribution >= 4 is 27.5 Å². The minimum Gasteiger partial charge on any atom is -0.354 e. The molecule has 8 heteroatoms. The van der Waals surface area contributed by atoms with Crippen molar-refractivity contribution in [3.63, 3.8) is 0 Å². The number of benzene rings is 2. The van der Waals surface area contributed by atoms with Crippen molar-refractivity contribution in [2.45, 2.75) is 47.2 Å². The second-order valence-corrected chi connectivity index (χ2v) is 10.8. The molecule has 0 aliphatic heterocycles. The van der Waals surface area contributed by atoms with E-state index in [1.807, 2.05) is 52.0 Å². The van der Waals surface area contributed by atoms with Gasteiger partial charge in [-0.15, -0.1) is 0 Å². The SMILES string of the molecule is Cc1ccc(CN(C(=O)CN(c2ccc(C)cc2)S(C)(=O)=O)C(C)C(=O)NCC(C)C)cc1. The number of anilines is 1. The zero-order valence-electron chi connectivity index (χ0n) is 20.3. The predicted octanol–water partition coefficient (Wildman–Crippen LogP) is 3.26. The summed E-state index contributed by atoms with van der Waals surface area (Å²) in [5, 5.41) is 2.87. The van der Waals surface area contributed by atoms with Crippen molar-refractivity contribution in [1.82, 2.24) is 10.2 Å². The van der Waals surface area contributed by atoms with Crippen molar-refractivity contribution in [2.24, 2.45) is 5.92 Å². The maximum Gasteiger partial charge on any atom is 0.244 e. The Morgan fingerprint density at radius 2 is 1.42 bits per heavy atom. The standard InChI is InChI=1S/C25H35N3O4S/c1-18(2)15-26-25(30)21(5)27(16-22-11-7-19(3)8-12-22)24(29)17-28(33(6,31)32)23-13-9-20(4)10-14-23/h7-14,18,21H,15-17H2,1-6H3,(H,26,30). The third kappa shape index (κ3) is 7.89. The minimum absolute atomic E-state index is 0.195. The highest BCUT2D eigenvalue weighted by molar-refractivity contribution is 7.92. The fourth-order valence-corrected chi connectivity index (χ4v) is 4.10. The van der Waals surface area contributed by atoms with Crippen molar-refractivity contribution in [3.05, 3.63) is 65.2 Å². The quantitative estimate of drug-likeness (QED) is 0.574. The fourth-order valence-electron chi connectivity index (χ4n) is 3.25. The van der Waals surface area contributed by atoms with E-state index >= 15 is 0 Å². The molecule has 0 heterocycles. The maximum absolute atomic E-state index is 13.4. The molecule has 0 saturated heterocycles. The summed E-state index contributed by atoms with van der Waals surface area (Å²) in [4.78, 5) is 27.7. The Morgan fingerprint density at radius 3 is 1.91 bits per heavy atom. The fraction of sp³-hybridized carbons (Fsp3) is 0.440. The van der Waals surface area contributed by atoms with Crippen LogP contribution in [0.25, 0.3) is 0 Å². The van der Waals surface area contributed by atoms with Gasteiger partial charge in [0, 0.05) is 13.1 Å². The van der Waals surface area contributed by atoms with Crippen LogP contribution in [0.3, 0.4) is 0 Å². The van der Waals surface area contributed by atoms with Crippen LogP contribution in [0.2, 0.25) is 0 Å². The first-order valence-electron chi connectivity index (χ1n) is 11.1. The average molecular weight is 474 g/mol. The number of nitrogens with zero attached hydrogens (tertiary/aromatic N) is 2. The van der Waals surface area contributed by atoms with Crippen molar-refractivity contribution in [1.29, 1.82) is 0 Å². The molecular formula is C25H35N3O4S. The Bertz CT molecular complexity index is 1050. The molecule has 0 spiro atoms. The number of sulfonamides is 1. The first-order chi connectivity index (χ1) is 15.4. The molecule has 2 amide bonds. The van der Waals surface area contributed by atoms with Crippen LogP contribution >= 0.6 is 0 Å². The van der Waals surface area contributed by atoms with Gasteiger partial charge in [-0.3, -0.25) is 13.9 Å². The molecule has 7 nitrogen and oxygen atoms in total. The molecular weight excluding hydrogens is 438 g/mol. The van der Waals surface area contributed by atoms with Crippen molar-refractivity contribution in [2.75, 3.05) is 23.7 Å². The molecule has 0 aromatic heterocycles. The van der Waals surface area contributed by atoms with E-state index in [4.69, 9.17) is 0 Å². The van der Waals surface area contributed by atoms with Gasteiger partial charge in [-0.05, 0) is 44.4 Å². The summed E-state index contributed by atoms with van der Waals surface area (Å²) in [5.41, 5.74) is 3.33. The number of rotatable bonds is 10. The molecule has 0 bridgehead atoms. The molecule has 180 valence electrons. The van der Waals surface area contributed by atoms with Gasteiger partial charge in [-0.2, -0.15) is 0 Å². The van der Waals surface area contributed by atoms with Gasteiger partial charge in [0.1, 0.15) is 12.6 Å². The van der Waals surface area contributed by atoms with Gasteiger partial charge in [0.2, 0.25) is 21.8 Å². The molecule has 1 unspecified atom stereocenters. The van der Waals surface area contributed by atoms with E-state index < -0.39 is 28.5 Å². The van der Waals surface area contributed by atoms with Gasteiger partial charge in [0.15, 0.2) is 0 Å². The highest BCUT2D eigenvalue weighted by Crippen LogP contribution is 2.20. The van der Waals surface area contributed by atoms with Crippen LogP contribution < -0.4 is 9.62 Å². The number of nitrogens with one attached hydrogen (secondary N) is 1. The summed E-state index contributed by atoms with van der Waals surface area (Å²) in [5.74, 6) is -0.455. The first kappa shape index (κ1) is 26.4. The van der Waals surface area contributed by atoms with Crippen LogP contribution in [0, 0.1) is 19.8 Å². The van der Waals surface area contributed by atoms with Gasteiger partial charge in [-0.25, -0.2) is 8.42 Å². The number of amides is 2. The number of hydrogen-bond acceptors (Lipinski definition) is 4. The highest BCUT2D eigenvalue weighted by atomic mass is 32.2. The Labute approximate surface area is 197 Å². The van der Waals surface area contributed by atoms with E-state index in [2.05, 4.69) is 5.32 Å². The molecule has 0 radical (unpaired) electrons. The van der Waals surface area contributed by atoms with Gasteiger partial charge in [-0.1, -0.05) is 61.4 Å². The van der Waals surface area contributed by atoms with E-state index in [9.17, 15) is 18.0 Å². The van der Waals surface area contributed by atoms with E-state index in [1.54, 1.807) is 31.2 Å². The molecule has 0 aliphatic rings. The molecule has 2 rings (SSSR count). The van der Waals surface area contributed by atoms with Gasteiger partial charge in [0.05, 0.1) is 11.9 Å². The van der Waals surface area contributed by atoms with Crippen LogP contribution in [0.5, 0.6) is 0 Å². The lowest BCUT2D eigenvalue weighted by molar-refractivity contribution is -0.139. The zero-order valence-corrected chi connectivity index (χ0v) is 21.1. The molecule has 0 saturated carbocycles. The predicted molar refractivity (Wildman–Crippen MR) is 132 cm³/mol. The lowest BCUT2D eigenvalue weighted by Gasteiger charge is -2.31. The largest absolute Gasteiger partial charge is 0.354 e. The average Bonchev–Trinajstić information content (AvgIpc) is 2.74. The van der Waals surface area contributed by atoms with Gasteiger partial charge >= 0.3 is 0 Å². The third-order valence-corrected chi connectivity index (χ3v) is 6.47. The highest BCUT2D eigenvalue weighted by Gasteiger charge is 2.30. The third-order valence-electron chi connectivity index (χ3n) is 5.33. The van der Waals surface area contributed by atoms with Crippen molar-refractivity contribution < 1.29 is 18.0 Å². The molecule has 0 aliphatic carbocycles. The summed E-state index contributed by atoms with van der Waals surface area (Å²) in [6.45, 7) is 9.82. The number of hydrogen-bond donors (Lipinski definition) is 1. The summed E-state index contributed by atoms with van der Waals surface area (Å²) >= 11 is 0. The Balaban J connectivity index is 2.34. The van der Waals surface area contributed by atoms with E-state index in [1.165, 1.54) is 4.90 Å². The number of carbonyl (C=O) groups excluding carboxylic acids is 2. The van der Waals surface area contributed by atoms with Crippen LogP contribution in [0.4, 0.5) is 5.69 Å². The van der Waals surface area contributed by atoms with Crippen molar-refractivity contribution in [3.8, 4) is 0 Å². The molecule has 2 aromatic rings. The normalized spacial score (nSPS) is 12.3. The van der Waals surface area contributed by atoms with Gasteiger partial charge < -0.3 is 10.2 Å². The topological polar surface area (TPSA) is 86.8 Å². The van der Waals surface area contributed by atoms with Gasteiger partial charge in [0.25, 0.3) is 0 Å². The second kappa shape index (κ2) is 11.3. The van der Waals surface area contributed by atoms with E-state index in [0.717, 1.165) is 27.3 Å². The maximum atomic E-state index is 13.4. The summed E-state index contributed by atoms with van der Waals surface area (Å²) < 4.78 is 26.1. The monoisotopic (exact) mass is 473 g/mol. The summed E-state index contributed by atoms with van der Waals surface area (Å²) in [7, 11) is -3.72. The lowest BCUT2D eigenvalue weighted by atomic mass is 10.1. The van der Waals surface area contributed by atoms with E-state index in [-0.39, 0.29) is 18.4 Å². The summed E-state index contributed by atoms with van der Waals surface area (Å²) in [6.07, 6.45) is 1.07. The number of carbonyl (C=O) groups is 2. The lowest BCUT2D eigenvalue weighted by Crippen LogP contribution is -2.51. The molecule has 1 atom stereocenters. The molecule has 2 aromatic carbocycles. The summed E-state index contributed by atoms with van der Waals surface area (Å²) in [6, 6.07) is 13.9. The Kier molecular flexibility index (Phi) is 9.05. The Hall–Kier alpha value is -2.87. The number of aryl methyl sites for hydroxylation is 2. The second-order valence-electron chi connectivity index (χ2n) is 8.93. The molecule has 0 fully saturated rings. The minimum atomic E-state index is -3.72. The zero-order chi connectivity index (χ0) is 24.8. The first-order valence-corrected chi connectivity index (χ1v) is 12.9. The molecule has 1 N–H and O–H groups in total. The van der Waals surface area contributed by atoms with Crippen LogP contribution in [0.15, 0.2) is 48.5 Å². The molecule has 33 heavy (non-hydrogen) atoms. The van der Waals surface area contributed by atoms with Crippen LogP contribution in [-0.2, 0) is 26.2 Å². The van der Waals surface area contributed by atoms with E-state index in [0.29, 0.717) is 12.2 Å². The Morgan fingerprint density at radius 1 is 0.909 bits per heavy atom. The van der Waals surface area contributed by atoms with Crippen LogP contribution in [-0.4, -0.2) is 50.5 Å². The smallest absolute Gasteiger partial charge is 0.244 e. The van der Waals surface area contributed by atoms with Crippen LogP contribution in [0.1, 0.15) is 37.5 Å².